The third kappa shape index (κ3) is 3.42. The van der Waals surface area contributed by atoms with E-state index in [-0.39, 0.29) is 18.4 Å². The summed E-state index contributed by atoms with van der Waals surface area (Å²) in [5.74, 6) is -0.527. The van der Waals surface area contributed by atoms with Crippen molar-refractivity contribution in [3.63, 3.8) is 0 Å². The normalized spacial score (nSPS) is 16.1. The van der Waals surface area contributed by atoms with Gasteiger partial charge in [-0.25, -0.2) is 0 Å². The lowest BCUT2D eigenvalue weighted by atomic mass is 9.81. The second kappa shape index (κ2) is 7.76. The minimum atomic E-state index is -0.393. The summed E-state index contributed by atoms with van der Waals surface area (Å²) in [4.78, 5) is 26.7. The summed E-state index contributed by atoms with van der Waals surface area (Å²) in [7, 11) is 0. The van der Waals surface area contributed by atoms with Crippen molar-refractivity contribution < 1.29 is 14.3 Å². The quantitative estimate of drug-likeness (QED) is 0.537. The highest BCUT2D eigenvalue weighted by molar-refractivity contribution is 9.10. The Hall–Kier alpha value is -2.66. The molecule has 5 heteroatoms. The minimum Gasteiger partial charge on any atom is -0.465 e. The molecule has 0 fully saturated rings. The number of esters is 1. The maximum atomic E-state index is 13.0. The van der Waals surface area contributed by atoms with Crippen molar-refractivity contribution in [2.75, 3.05) is 18.1 Å². The lowest BCUT2D eigenvalue weighted by Crippen LogP contribution is -2.41. The molecule has 0 N–H and O–H groups in total. The van der Waals surface area contributed by atoms with E-state index in [1.165, 1.54) is 0 Å². The van der Waals surface area contributed by atoms with E-state index in [9.17, 15) is 9.59 Å². The summed E-state index contributed by atoms with van der Waals surface area (Å²) < 4.78 is 6.06. The Morgan fingerprint density at radius 3 is 2.75 bits per heavy atom. The second-order valence-electron chi connectivity index (χ2n) is 6.82. The zero-order valence-electron chi connectivity index (χ0n) is 15.5. The molecule has 1 amide bonds. The largest absolute Gasteiger partial charge is 0.465 e. The maximum Gasteiger partial charge on any atom is 0.326 e. The third-order valence-corrected chi connectivity index (χ3v) is 5.60. The van der Waals surface area contributed by atoms with Crippen LogP contribution in [0, 0.1) is 0 Å². The predicted molar refractivity (Wildman–Crippen MR) is 114 cm³/mol. The summed E-state index contributed by atoms with van der Waals surface area (Å²) in [6, 6.07) is 20.2. The molecule has 0 aromatic heterocycles. The van der Waals surface area contributed by atoms with Gasteiger partial charge in [0.05, 0.1) is 6.61 Å². The first-order chi connectivity index (χ1) is 13.6. The van der Waals surface area contributed by atoms with Gasteiger partial charge in [0.1, 0.15) is 6.54 Å². The molecule has 1 heterocycles. The zero-order chi connectivity index (χ0) is 19.7. The summed E-state index contributed by atoms with van der Waals surface area (Å²) in [6.07, 6.45) is 0.316. The summed E-state index contributed by atoms with van der Waals surface area (Å²) in [5, 5.41) is 2.22. The van der Waals surface area contributed by atoms with Gasteiger partial charge in [-0.15, -0.1) is 0 Å². The van der Waals surface area contributed by atoms with Gasteiger partial charge >= 0.3 is 5.97 Å². The van der Waals surface area contributed by atoms with Crippen LogP contribution < -0.4 is 4.90 Å². The number of carbonyl (C=O) groups excluding carboxylic acids is 2. The fourth-order valence-electron chi connectivity index (χ4n) is 3.92. The van der Waals surface area contributed by atoms with Crippen LogP contribution in [0.4, 0.5) is 5.69 Å². The van der Waals surface area contributed by atoms with Crippen molar-refractivity contribution in [2.24, 2.45) is 0 Å². The van der Waals surface area contributed by atoms with Crippen LogP contribution in [0.3, 0.4) is 0 Å². The molecule has 0 spiro atoms. The standard InChI is InChI=1S/C23H20BrNO3/c1-2-28-22(27)14-25-20-11-10-15-6-3-4-9-18(15)23(20)19(13-21(25)26)16-7-5-8-17(24)12-16/h3-12,19H,2,13-14H2,1H3. The van der Waals surface area contributed by atoms with E-state index in [0.717, 1.165) is 32.1 Å². The van der Waals surface area contributed by atoms with Crippen LogP contribution >= 0.6 is 15.9 Å². The van der Waals surface area contributed by atoms with Crippen LogP contribution in [-0.4, -0.2) is 25.0 Å². The molecule has 0 saturated carbocycles. The fourth-order valence-corrected chi connectivity index (χ4v) is 4.34. The van der Waals surface area contributed by atoms with Crippen molar-refractivity contribution in [1.29, 1.82) is 0 Å². The molecule has 28 heavy (non-hydrogen) atoms. The van der Waals surface area contributed by atoms with Crippen LogP contribution in [0.1, 0.15) is 30.4 Å². The highest BCUT2D eigenvalue weighted by Crippen LogP contribution is 2.44. The number of rotatable bonds is 4. The van der Waals surface area contributed by atoms with E-state index in [1.54, 1.807) is 11.8 Å². The Bertz CT molecular complexity index is 1060. The topological polar surface area (TPSA) is 46.6 Å². The van der Waals surface area contributed by atoms with Crippen LogP contribution in [0.2, 0.25) is 0 Å². The van der Waals surface area contributed by atoms with Crippen molar-refractivity contribution in [3.8, 4) is 0 Å². The average Bonchev–Trinajstić information content (AvgIpc) is 2.69. The third-order valence-electron chi connectivity index (χ3n) is 5.11. The van der Waals surface area contributed by atoms with Gasteiger partial charge in [-0.05, 0) is 47.0 Å². The first-order valence-electron chi connectivity index (χ1n) is 9.31. The highest BCUT2D eigenvalue weighted by Gasteiger charge is 2.34. The summed E-state index contributed by atoms with van der Waals surface area (Å²) >= 11 is 3.54. The van der Waals surface area contributed by atoms with Gasteiger partial charge in [-0.3, -0.25) is 9.59 Å². The molecule has 1 atom stereocenters. The first-order valence-corrected chi connectivity index (χ1v) is 10.1. The van der Waals surface area contributed by atoms with E-state index < -0.39 is 5.97 Å². The zero-order valence-corrected chi connectivity index (χ0v) is 17.1. The van der Waals surface area contributed by atoms with Gasteiger partial charge in [-0.1, -0.05) is 58.4 Å². The lowest BCUT2D eigenvalue weighted by molar-refractivity contribution is -0.142. The molecule has 1 aliphatic rings. The van der Waals surface area contributed by atoms with Gasteiger partial charge < -0.3 is 9.64 Å². The molecule has 3 aromatic carbocycles. The highest BCUT2D eigenvalue weighted by atomic mass is 79.9. The molecule has 4 nitrogen and oxygen atoms in total. The molecule has 0 aliphatic carbocycles. The van der Waals surface area contributed by atoms with E-state index >= 15 is 0 Å². The molecule has 4 rings (SSSR count). The predicted octanol–water partition coefficient (Wildman–Crippen LogP) is 5.03. The van der Waals surface area contributed by atoms with Crippen LogP contribution in [0.5, 0.6) is 0 Å². The van der Waals surface area contributed by atoms with Crippen LogP contribution in [0.15, 0.2) is 65.1 Å². The number of ether oxygens (including phenoxy) is 1. The van der Waals surface area contributed by atoms with Crippen LogP contribution in [0.25, 0.3) is 10.8 Å². The molecule has 1 aliphatic heterocycles. The number of benzene rings is 3. The molecule has 3 aromatic rings. The molecule has 0 saturated heterocycles. The maximum absolute atomic E-state index is 13.0. The Morgan fingerprint density at radius 1 is 1.14 bits per heavy atom. The van der Waals surface area contributed by atoms with Crippen LogP contribution in [-0.2, 0) is 14.3 Å². The number of amides is 1. The minimum absolute atomic E-state index is 0.0652. The Morgan fingerprint density at radius 2 is 1.96 bits per heavy atom. The van der Waals surface area contributed by atoms with Crippen molar-refractivity contribution >= 4 is 44.3 Å². The number of carbonyl (C=O) groups is 2. The fraction of sp³-hybridized carbons (Fsp3) is 0.217. The smallest absolute Gasteiger partial charge is 0.326 e. The Balaban J connectivity index is 1.89. The lowest BCUT2D eigenvalue weighted by Gasteiger charge is -2.35. The van der Waals surface area contributed by atoms with E-state index in [4.69, 9.17) is 4.74 Å². The van der Waals surface area contributed by atoms with E-state index in [2.05, 4.69) is 40.2 Å². The van der Waals surface area contributed by atoms with E-state index in [1.807, 2.05) is 36.4 Å². The summed E-state index contributed by atoms with van der Waals surface area (Å²) in [6.45, 7) is 2.00. The molecule has 0 bridgehead atoms. The number of fused-ring (bicyclic) bond motifs is 3. The van der Waals surface area contributed by atoms with Gasteiger partial charge in [0, 0.05) is 22.5 Å². The molecular weight excluding hydrogens is 418 g/mol. The van der Waals surface area contributed by atoms with Gasteiger partial charge in [0.2, 0.25) is 5.91 Å². The molecule has 1 unspecified atom stereocenters. The first kappa shape index (κ1) is 18.7. The number of anilines is 1. The van der Waals surface area contributed by atoms with Crippen molar-refractivity contribution in [2.45, 2.75) is 19.3 Å². The van der Waals surface area contributed by atoms with Crippen molar-refractivity contribution in [3.05, 3.63) is 76.3 Å². The summed E-state index contributed by atoms with van der Waals surface area (Å²) in [5.41, 5.74) is 2.95. The van der Waals surface area contributed by atoms with Gasteiger partial charge in [0.15, 0.2) is 0 Å². The SMILES string of the molecule is CCOC(=O)CN1C(=O)CC(c2cccc(Br)c2)c2c1ccc1ccccc21. The van der Waals surface area contributed by atoms with Crippen molar-refractivity contribution in [1.82, 2.24) is 0 Å². The number of hydrogen-bond donors (Lipinski definition) is 0. The number of halogens is 1. The number of hydrogen-bond acceptors (Lipinski definition) is 3. The monoisotopic (exact) mass is 437 g/mol. The molecule has 0 radical (unpaired) electrons. The Kier molecular flexibility index (Phi) is 5.18. The second-order valence-corrected chi connectivity index (χ2v) is 7.73. The number of nitrogens with zero attached hydrogens (tertiary/aromatic N) is 1. The Labute approximate surface area is 172 Å². The van der Waals surface area contributed by atoms with Gasteiger partial charge in [0.25, 0.3) is 0 Å². The average molecular weight is 438 g/mol. The molecular formula is C23H20BrNO3. The van der Waals surface area contributed by atoms with Gasteiger partial charge in [-0.2, -0.15) is 0 Å². The molecule has 142 valence electrons. The van der Waals surface area contributed by atoms with E-state index in [0.29, 0.717) is 13.0 Å².